The van der Waals surface area contributed by atoms with E-state index >= 15 is 0 Å². The average Bonchev–Trinajstić information content (AvgIpc) is 3.21. The Bertz CT molecular complexity index is 859. The minimum absolute atomic E-state index is 0.387. The van der Waals surface area contributed by atoms with Crippen LogP contribution in [0.1, 0.15) is 58.2 Å². The number of aromatic nitrogens is 5. The van der Waals surface area contributed by atoms with E-state index in [1.165, 1.54) is 0 Å². The molecule has 128 valence electrons. The molecular weight excluding hydrogens is 302 g/mol. The summed E-state index contributed by atoms with van der Waals surface area (Å²) in [6, 6.07) is 2.03. The largest absolute Gasteiger partial charge is 0.390 e. The number of rotatable bonds is 4. The molecule has 0 spiro atoms. The van der Waals surface area contributed by atoms with Crippen LogP contribution >= 0.6 is 0 Å². The summed E-state index contributed by atoms with van der Waals surface area (Å²) >= 11 is 0. The Kier molecular flexibility index (Phi) is 3.60. The number of H-pyrrole nitrogens is 1. The topological polar surface area (TPSA) is 79.1 Å². The molecule has 24 heavy (non-hydrogen) atoms. The minimum Gasteiger partial charge on any atom is -0.390 e. The van der Waals surface area contributed by atoms with Crippen molar-refractivity contribution in [2.24, 2.45) is 11.8 Å². The molecule has 0 aromatic carbocycles. The molecule has 1 fully saturated rings. The SMILES string of the molecule is CC[C@@H]1CC(CC(C)(C)O)C[C@H]1c1nnc2cnc3[nH]ccc3n12. The first kappa shape index (κ1) is 15.6. The summed E-state index contributed by atoms with van der Waals surface area (Å²) in [5.41, 5.74) is 2.09. The number of hydrogen-bond acceptors (Lipinski definition) is 4. The lowest BCUT2D eigenvalue weighted by Gasteiger charge is -2.21. The Hall–Kier alpha value is -1.95. The van der Waals surface area contributed by atoms with Crippen LogP contribution in [0.3, 0.4) is 0 Å². The molecule has 1 saturated carbocycles. The molecule has 3 heterocycles. The molecular formula is C18H25N5O. The van der Waals surface area contributed by atoms with Crippen LogP contribution in [0.5, 0.6) is 0 Å². The number of nitrogens with zero attached hydrogens (tertiary/aromatic N) is 4. The van der Waals surface area contributed by atoms with Gasteiger partial charge in [-0.15, -0.1) is 10.2 Å². The molecule has 0 radical (unpaired) electrons. The zero-order chi connectivity index (χ0) is 16.9. The lowest BCUT2D eigenvalue weighted by atomic mass is 9.91. The first-order valence-corrected chi connectivity index (χ1v) is 8.85. The van der Waals surface area contributed by atoms with E-state index in [2.05, 4.69) is 31.5 Å². The summed E-state index contributed by atoms with van der Waals surface area (Å²) in [4.78, 5) is 7.56. The van der Waals surface area contributed by atoms with E-state index in [-0.39, 0.29) is 0 Å². The van der Waals surface area contributed by atoms with Crippen LogP contribution in [0.25, 0.3) is 16.8 Å². The normalized spacial score (nSPS) is 25.1. The third kappa shape index (κ3) is 2.59. The van der Waals surface area contributed by atoms with Gasteiger partial charge in [0.05, 0.1) is 17.3 Å². The number of hydrogen-bond donors (Lipinski definition) is 2. The van der Waals surface area contributed by atoms with Crippen LogP contribution in [-0.4, -0.2) is 35.3 Å². The fourth-order valence-corrected chi connectivity index (χ4v) is 4.52. The van der Waals surface area contributed by atoms with Crippen LogP contribution in [-0.2, 0) is 0 Å². The second kappa shape index (κ2) is 5.55. The zero-order valence-electron chi connectivity index (χ0n) is 14.5. The molecule has 2 N–H and O–H groups in total. The summed E-state index contributed by atoms with van der Waals surface area (Å²) in [5.74, 6) is 2.56. The predicted molar refractivity (Wildman–Crippen MR) is 92.8 cm³/mol. The van der Waals surface area contributed by atoms with Crippen LogP contribution in [0.15, 0.2) is 18.5 Å². The lowest BCUT2D eigenvalue weighted by molar-refractivity contribution is 0.0527. The van der Waals surface area contributed by atoms with Crippen LogP contribution < -0.4 is 0 Å². The van der Waals surface area contributed by atoms with Crippen molar-refractivity contribution in [3.05, 3.63) is 24.3 Å². The maximum Gasteiger partial charge on any atom is 0.179 e. The van der Waals surface area contributed by atoms with Crippen molar-refractivity contribution in [2.45, 2.75) is 58.0 Å². The van der Waals surface area contributed by atoms with E-state index in [4.69, 9.17) is 0 Å². The molecule has 6 heteroatoms. The molecule has 6 nitrogen and oxygen atoms in total. The summed E-state index contributed by atoms with van der Waals surface area (Å²) in [7, 11) is 0. The quantitative estimate of drug-likeness (QED) is 0.770. The predicted octanol–water partition coefficient (Wildman–Crippen LogP) is 3.29. The lowest BCUT2D eigenvalue weighted by Crippen LogP contribution is -2.22. The Morgan fingerprint density at radius 1 is 1.33 bits per heavy atom. The van der Waals surface area contributed by atoms with E-state index in [9.17, 15) is 5.11 Å². The van der Waals surface area contributed by atoms with Gasteiger partial charge in [-0.2, -0.15) is 0 Å². The monoisotopic (exact) mass is 327 g/mol. The highest BCUT2D eigenvalue weighted by molar-refractivity contribution is 5.74. The molecule has 3 aromatic heterocycles. The van der Waals surface area contributed by atoms with Crippen LogP contribution in [0, 0.1) is 11.8 Å². The molecule has 4 rings (SSSR count). The fraction of sp³-hybridized carbons (Fsp3) is 0.611. The van der Waals surface area contributed by atoms with Crippen molar-refractivity contribution in [3.63, 3.8) is 0 Å². The molecule has 0 saturated heterocycles. The van der Waals surface area contributed by atoms with E-state index in [1.54, 1.807) is 6.20 Å². The zero-order valence-corrected chi connectivity index (χ0v) is 14.5. The van der Waals surface area contributed by atoms with Gasteiger partial charge in [0.1, 0.15) is 5.82 Å². The van der Waals surface area contributed by atoms with Gasteiger partial charge >= 0.3 is 0 Å². The highest BCUT2D eigenvalue weighted by atomic mass is 16.3. The van der Waals surface area contributed by atoms with Gasteiger partial charge in [0.25, 0.3) is 0 Å². The standard InChI is InChI=1S/C18H25N5O/c1-4-12-7-11(9-18(2,3)24)8-13(12)17-22-21-15-10-20-16-14(23(15)17)5-6-19-16/h5-6,10-13,19,24H,4,7-9H2,1-3H3/t11?,12-,13-/m1/s1. The second-order valence-corrected chi connectivity index (χ2v) is 7.85. The molecule has 3 atom stereocenters. The van der Waals surface area contributed by atoms with Crippen molar-refractivity contribution in [1.29, 1.82) is 0 Å². The molecule has 0 amide bonds. The number of nitrogens with one attached hydrogen (secondary N) is 1. The van der Waals surface area contributed by atoms with Gasteiger partial charge < -0.3 is 10.1 Å². The Morgan fingerprint density at radius 3 is 2.92 bits per heavy atom. The van der Waals surface area contributed by atoms with E-state index in [0.717, 1.165) is 48.3 Å². The van der Waals surface area contributed by atoms with Crippen molar-refractivity contribution in [1.82, 2.24) is 24.6 Å². The highest BCUT2D eigenvalue weighted by Crippen LogP contribution is 2.46. The van der Waals surface area contributed by atoms with Crippen LogP contribution in [0.2, 0.25) is 0 Å². The molecule has 1 unspecified atom stereocenters. The fourth-order valence-electron chi connectivity index (χ4n) is 4.52. The highest BCUT2D eigenvalue weighted by Gasteiger charge is 2.38. The Morgan fingerprint density at radius 2 is 2.17 bits per heavy atom. The third-order valence-electron chi connectivity index (χ3n) is 5.40. The van der Waals surface area contributed by atoms with Crippen molar-refractivity contribution < 1.29 is 5.11 Å². The van der Waals surface area contributed by atoms with Gasteiger partial charge in [0, 0.05) is 12.1 Å². The average molecular weight is 327 g/mol. The third-order valence-corrected chi connectivity index (χ3v) is 5.40. The molecule has 0 aliphatic heterocycles. The van der Waals surface area contributed by atoms with Gasteiger partial charge in [-0.05, 0) is 51.0 Å². The van der Waals surface area contributed by atoms with Crippen molar-refractivity contribution >= 4 is 16.8 Å². The minimum atomic E-state index is -0.609. The smallest absolute Gasteiger partial charge is 0.179 e. The summed E-state index contributed by atoms with van der Waals surface area (Å²) in [6.07, 6.45) is 7.88. The summed E-state index contributed by atoms with van der Waals surface area (Å²) in [6.45, 7) is 6.06. The number of aliphatic hydroxyl groups is 1. The summed E-state index contributed by atoms with van der Waals surface area (Å²) in [5, 5.41) is 19.1. The Balaban J connectivity index is 1.74. The molecule has 1 aliphatic carbocycles. The summed E-state index contributed by atoms with van der Waals surface area (Å²) < 4.78 is 2.15. The van der Waals surface area contributed by atoms with Gasteiger partial charge in [0.2, 0.25) is 0 Å². The van der Waals surface area contributed by atoms with E-state index in [1.807, 2.05) is 26.1 Å². The number of aromatic amines is 1. The van der Waals surface area contributed by atoms with Crippen LogP contribution in [0.4, 0.5) is 0 Å². The Labute approximate surface area is 141 Å². The van der Waals surface area contributed by atoms with Gasteiger partial charge in [-0.1, -0.05) is 13.3 Å². The molecule has 1 aliphatic rings. The van der Waals surface area contributed by atoms with Crippen molar-refractivity contribution in [2.75, 3.05) is 0 Å². The van der Waals surface area contributed by atoms with Gasteiger partial charge in [-0.3, -0.25) is 4.40 Å². The number of fused-ring (bicyclic) bond motifs is 3. The second-order valence-electron chi connectivity index (χ2n) is 7.85. The first-order chi connectivity index (χ1) is 11.5. The van der Waals surface area contributed by atoms with E-state index in [0.29, 0.717) is 17.8 Å². The van der Waals surface area contributed by atoms with E-state index < -0.39 is 5.60 Å². The maximum atomic E-state index is 10.2. The first-order valence-electron chi connectivity index (χ1n) is 8.85. The van der Waals surface area contributed by atoms with Gasteiger partial charge in [0.15, 0.2) is 11.3 Å². The molecule has 0 bridgehead atoms. The molecule has 3 aromatic rings. The maximum absolute atomic E-state index is 10.2. The van der Waals surface area contributed by atoms with Gasteiger partial charge in [-0.25, -0.2) is 4.98 Å². The van der Waals surface area contributed by atoms with Crippen molar-refractivity contribution in [3.8, 4) is 0 Å².